The molecule has 3 aromatic rings. The topological polar surface area (TPSA) is 155 Å². The van der Waals surface area contributed by atoms with Gasteiger partial charge < -0.3 is 24.9 Å². The van der Waals surface area contributed by atoms with E-state index >= 15 is 0 Å². The standard InChI is InChI=1S/C35H37N3O8S2/c1-5-45-22-12-17(10-11-21(22)46-14-23(39)36-20-9-7-6-8-16(20)4)24-25-18-13-19(29(25)47-31-30(24)48-35(44)37-31)27-26(18)32(40)38(33(27)41)28(15(2)3)34(42)43/h6-12,15,18-19,24-29H,5,13-14H2,1-4H3,(H,36,39)(H,37,44)(H,42,43)/t18?,19?,24-,25?,26?,27?,28?,29?/m1/s1. The van der Waals surface area contributed by atoms with Crippen LogP contribution in [0.3, 0.4) is 0 Å². The molecule has 2 saturated carbocycles. The molecule has 13 heteroatoms. The van der Waals surface area contributed by atoms with Gasteiger partial charge in [-0.1, -0.05) is 49.4 Å². The first-order valence-electron chi connectivity index (χ1n) is 16.2. The fourth-order valence-corrected chi connectivity index (χ4v) is 11.4. The Balaban J connectivity index is 1.20. The summed E-state index contributed by atoms with van der Waals surface area (Å²) < 4.78 is 11.9. The lowest BCUT2D eigenvalue weighted by molar-refractivity contribution is -0.157. The van der Waals surface area contributed by atoms with Gasteiger partial charge in [-0.05, 0) is 73.3 Å². The summed E-state index contributed by atoms with van der Waals surface area (Å²) in [5.74, 6) is -3.61. The number of anilines is 1. The Morgan fingerprint density at radius 3 is 2.46 bits per heavy atom. The summed E-state index contributed by atoms with van der Waals surface area (Å²) in [6, 6.07) is 11.9. The molecule has 3 amide bonds. The molecule has 3 fully saturated rings. The van der Waals surface area contributed by atoms with Crippen LogP contribution in [0.2, 0.25) is 0 Å². The van der Waals surface area contributed by atoms with Crippen molar-refractivity contribution in [1.82, 2.24) is 9.88 Å². The number of carbonyl (C=O) groups excluding carboxylic acids is 3. The number of carboxylic acid groups (broad SMARTS) is 1. The van der Waals surface area contributed by atoms with Crippen molar-refractivity contribution in [2.24, 2.45) is 35.5 Å². The van der Waals surface area contributed by atoms with Gasteiger partial charge in [0.15, 0.2) is 18.1 Å². The Morgan fingerprint density at radius 1 is 1.04 bits per heavy atom. The monoisotopic (exact) mass is 691 g/mol. The van der Waals surface area contributed by atoms with Crippen LogP contribution in [0.4, 0.5) is 5.69 Å². The normalized spacial score (nSPS) is 27.4. The molecule has 48 heavy (non-hydrogen) atoms. The number of nitrogens with zero attached hydrogens (tertiary/aromatic N) is 1. The van der Waals surface area contributed by atoms with Crippen molar-refractivity contribution in [1.29, 1.82) is 0 Å². The van der Waals surface area contributed by atoms with Crippen LogP contribution in [0, 0.1) is 42.4 Å². The van der Waals surface area contributed by atoms with Gasteiger partial charge in [-0.15, -0.1) is 11.8 Å². The number of fused-ring (bicyclic) bond motifs is 9. The van der Waals surface area contributed by atoms with Crippen LogP contribution in [-0.4, -0.2) is 63.2 Å². The molecule has 7 rings (SSSR count). The van der Waals surface area contributed by atoms with E-state index in [-0.39, 0.29) is 52.2 Å². The van der Waals surface area contributed by atoms with E-state index in [2.05, 4.69) is 10.3 Å². The number of likely N-dealkylation sites (tertiary alicyclic amines) is 1. The van der Waals surface area contributed by atoms with Crippen LogP contribution in [0.5, 0.6) is 11.5 Å². The van der Waals surface area contributed by atoms with Gasteiger partial charge in [-0.3, -0.25) is 24.1 Å². The number of aryl methyl sites for hydroxylation is 1. The largest absolute Gasteiger partial charge is 0.490 e. The van der Waals surface area contributed by atoms with E-state index in [0.29, 0.717) is 30.2 Å². The zero-order valence-corrected chi connectivity index (χ0v) is 28.6. The first-order valence-corrected chi connectivity index (χ1v) is 17.9. The number of aliphatic carboxylic acids is 1. The van der Waals surface area contributed by atoms with Gasteiger partial charge in [0, 0.05) is 21.7 Å². The summed E-state index contributed by atoms with van der Waals surface area (Å²) in [7, 11) is 0. The number of para-hydroxylation sites is 1. The Morgan fingerprint density at radius 2 is 1.77 bits per heavy atom. The van der Waals surface area contributed by atoms with Crippen molar-refractivity contribution in [3.8, 4) is 11.5 Å². The van der Waals surface area contributed by atoms with Crippen molar-refractivity contribution >= 4 is 52.5 Å². The molecular formula is C35H37N3O8S2. The molecule has 8 atom stereocenters. The van der Waals surface area contributed by atoms with Gasteiger partial charge in [0.1, 0.15) is 6.04 Å². The predicted octanol–water partition coefficient (Wildman–Crippen LogP) is 4.74. The summed E-state index contributed by atoms with van der Waals surface area (Å²) in [6.45, 7) is 7.32. The lowest BCUT2D eigenvalue weighted by Crippen LogP contribution is -2.49. The van der Waals surface area contributed by atoms with E-state index in [9.17, 15) is 29.1 Å². The zero-order chi connectivity index (χ0) is 34.0. The molecule has 0 spiro atoms. The maximum absolute atomic E-state index is 14.0. The molecule has 4 aliphatic rings. The fourth-order valence-electron chi connectivity index (χ4n) is 8.53. The van der Waals surface area contributed by atoms with E-state index in [1.54, 1.807) is 31.7 Å². The summed E-state index contributed by atoms with van der Waals surface area (Å²) in [6.07, 6.45) is 0.688. The third kappa shape index (κ3) is 5.22. The van der Waals surface area contributed by atoms with E-state index in [1.807, 2.05) is 50.2 Å². The minimum Gasteiger partial charge on any atom is -0.490 e. The molecule has 3 N–H and O–H groups in total. The number of carbonyl (C=O) groups is 4. The van der Waals surface area contributed by atoms with Crippen molar-refractivity contribution in [3.05, 3.63) is 68.1 Å². The number of hydrogen-bond donors (Lipinski definition) is 3. The molecule has 1 aromatic heterocycles. The van der Waals surface area contributed by atoms with Gasteiger partial charge in [0.2, 0.25) is 11.8 Å². The maximum atomic E-state index is 14.0. The van der Waals surface area contributed by atoms with Crippen LogP contribution in [0.15, 0.2) is 52.3 Å². The highest BCUT2D eigenvalue weighted by molar-refractivity contribution is 8.00. The first-order chi connectivity index (χ1) is 23.0. The Kier molecular flexibility index (Phi) is 8.39. The van der Waals surface area contributed by atoms with Crippen molar-refractivity contribution in [2.45, 2.75) is 56.4 Å². The number of aromatic nitrogens is 1. The molecule has 0 radical (unpaired) electrons. The minimum absolute atomic E-state index is 0.0466. The van der Waals surface area contributed by atoms with Gasteiger partial charge in [-0.25, -0.2) is 4.79 Å². The van der Waals surface area contributed by atoms with Crippen molar-refractivity contribution in [2.75, 3.05) is 18.5 Å². The molecule has 1 saturated heterocycles. The second-order valence-corrected chi connectivity index (χ2v) is 15.5. The lowest BCUT2D eigenvalue weighted by atomic mass is 9.68. The van der Waals surface area contributed by atoms with Gasteiger partial charge in [0.25, 0.3) is 5.91 Å². The Bertz CT molecular complexity index is 1870. The summed E-state index contributed by atoms with van der Waals surface area (Å²) >= 11 is 2.72. The molecule has 252 valence electrons. The Labute approximate surface area is 285 Å². The second kappa shape index (κ2) is 12.4. The fraction of sp³-hybridized carbons (Fsp3) is 0.457. The molecule has 2 aliphatic carbocycles. The van der Waals surface area contributed by atoms with E-state index in [1.165, 1.54) is 0 Å². The van der Waals surface area contributed by atoms with Gasteiger partial charge in [0.05, 0.1) is 23.5 Å². The highest BCUT2D eigenvalue weighted by atomic mass is 32.2. The molecule has 2 aromatic carbocycles. The zero-order valence-electron chi connectivity index (χ0n) is 26.9. The number of aromatic amines is 1. The van der Waals surface area contributed by atoms with Crippen LogP contribution < -0.4 is 19.7 Å². The number of thioether (sulfide) groups is 1. The number of thiazole rings is 1. The van der Waals surface area contributed by atoms with E-state index < -0.39 is 35.7 Å². The van der Waals surface area contributed by atoms with Crippen LogP contribution >= 0.6 is 23.1 Å². The lowest BCUT2D eigenvalue weighted by Gasteiger charge is -2.43. The maximum Gasteiger partial charge on any atom is 0.327 e. The number of amides is 3. The van der Waals surface area contributed by atoms with Gasteiger partial charge >= 0.3 is 10.8 Å². The molecular weight excluding hydrogens is 655 g/mol. The highest BCUT2D eigenvalue weighted by Gasteiger charge is 2.70. The molecule has 7 unspecified atom stereocenters. The SMILES string of the molecule is CCOc1cc([C@H]2c3sc(=O)[nH]c3SC3C4CC(C5C(=O)N(C(C(=O)O)C(C)C)C(=O)C45)C32)ccc1OCC(=O)Nc1ccccc1C. The van der Waals surface area contributed by atoms with Crippen LogP contribution in [-0.2, 0) is 19.2 Å². The Hall–Kier alpha value is -4.10. The summed E-state index contributed by atoms with van der Waals surface area (Å²) in [5.41, 5.74) is 2.52. The number of rotatable bonds is 10. The highest BCUT2D eigenvalue weighted by Crippen LogP contribution is 2.68. The average molecular weight is 692 g/mol. The number of carboxylic acids is 1. The van der Waals surface area contributed by atoms with Crippen LogP contribution in [0.25, 0.3) is 0 Å². The summed E-state index contributed by atoms with van der Waals surface area (Å²) in [4.78, 5) is 70.2. The third-order valence-electron chi connectivity index (χ3n) is 10.3. The quantitative estimate of drug-likeness (QED) is 0.256. The smallest absolute Gasteiger partial charge is 0.327 e. The number of hydrogen-bond acceptors (Lipinski definition) is 9. The predicted molar refractivity (Wildman–Crippen MR) is 180 cm³/mol. The second-order valence-electron chi connectivity index (χ2n) is 13.3. The van der Waals surface area contributed by atoms with E-state index in [4.69, 9.17) is 9.47 Å². The number of imide groups is 1. The third-order valence-corrected chi connectivity index (χ3v) is 12.9. The van der Waals surface area contributed by atoms with E-state index in [0.717, 1.165) is 37.3 Å². The van der Waals surface area contributed by atoms with Crippen molar-refractivity contribution < 1.29 is 33.8 Å². The number of ether oxygens (including phenoxy) is 2. The molecule has 11 nitrogen and oxygen atoms in total. The first kappa shape index (κ1) is 32.4. The number of nitrogens with one attached hydrogen (secondary N) is 2. The van der Waals surface area contributed by atoms with Crippen molar-refractivity contribution in [3.63, 3.8) is 0 Å². The molecule has 2 aliphatic heterocycles. The van der Waals surface area contributed by atoms with Gasteiger partial charge in [-0.2, -0.15) is 0 Å². The molecule has 2 bridgehead atoms. The molecule has 3 heterocycles. The number of benzene rings is 2. The minimum atomic E-state index is -1.21. The summed E-state index contributed by atoms with van der Waals surface area (Å²) in [5, 5.41) is 13.6. The van der Waals surface area contributed by atoms with Crippen LogP contribution in [0.1, 0.15) is 49.1 Å². The number of H-pyrrole nitrogens is 1. The average Bonchev–Trinajstić information content (AvgIpc) is 3.77.